The molecule has 3 heterocycles. The smallest absolute Gasteiger partial charge is 0.290 e. The molecule has 2 amide bonds. The second kappa shape index (κ2) is 6.71. The van der Waals surface area contributed by atoms with Crippen molar-refractivity contribution in [3.05, 3.63) is 69.5 Å². The van der Waals surface area contributed by atoms with Gasteiger partial charge in [-0.2, -0.15) is 0 Å². The molecule has 126 valence electrons. The number of rotatable bonds is 1. The molecule has 0 aliphatic carbocycles. The van der Waals surface area contributed by atoms with Crippen LogP contribution < -0.4 is 5.32 Å². The van der Waals surface area contributed by atoms with Crippen molar-refractivity contribution in [1.82, 2.24) is 10.3 Å². The second-order valence-corrected chi connectivity index (χ2v) is 6.81. The van der Waals surface area contributed by atoms with E-state index < -0.39 is 11.1 Å². The Bertz CT molecular complexity index is 1140. The van der Waals surface area contributed by atoms with Crippen LogP contribution in [0.3, 0.4) is 0 Å². The van der Waals surface area contributed by atoms with Crippen LogP contribution in [0.5, 0.6) is 0 Å². The predicted molar refractivity (Wildman–Crippen MR) is 101 cm³/mol. The lowest BCUT2D eigenvalue weighted by Crippen LogP contribution is -2.17. The van der Waals surface area contributed by atoms with Gasteiger partial charge in [0.15, 0.2) is 5.58 Å². The van der Waals surface area contributed by atoms with Crippen LogP contribution in [0.4, 0.5) is 4.79 Å². The van der Waals surface area contributed by atoms with E-state index in [0.717, 1.165) is 22.7 Å². The van der Waals surface area contributed by atoms with Crippen LogP contribution in [0.25, 0.3) is 17.0 Å². The first-order valence-corrected chi connectivity index (χ1v) is 8.68. The van der Waals surface area contributed by atoms with Crippen molar-refractivity contribution in [3.63, 3.8) is 0 Å². The first-order valence-electron chi connectivity index (χ1n) is 7.48. The summed E-state index contributed by atoms with van der Waals surface area (Å²) < 4.78 is 5.81. The molecular formula is C19H9ClN2O3S. The summed E-state index contributed by atoms with van der Waals surface area (Å²) in [6.07, 6.45) is 4.80. The number of carbonyl (C=O) groups excluding carboxylic acids is 2. The van der Waals surface area contributed by atoms with Crippen molar-refractivity contribution < 1.29 is 14.0 Å². The Morgan fingerprint density at radius 1 is 1.15 bits per heavy atom. The second-order valence-electron chi connectivity index (χ2n) is 5.36. The number of benzene rings is 1. The molecule has 1 fully saturated rings. The van der Waals surface area contributed by atoms with Crippen LogP contribution in [0, 0.1) is 11.8 Å². The monoisotopic (exact) mass is 380 g/mol. The van der Waals surface area contributed by atoms with Crippen molar-refractivity contribution in [3.8, 4) is 11.8 Å². The summed E-state index contributed by atoms with van der Waals surface area (Å²) in [5.74, 6) is 6.10. The van der Waals surface area contributed by atoms with Crippen molar-refractivity contribution >= 4 is 51.6 Å². The van der Waals surface area contributed by atoms with Gasteiger partial charge in [0.1, 0.15) is 5.76 Å². The fourth-order valence-electron chi connectivity index (χ4n) is 2.37. The number of fused-ring (bicyclic) bond motifs is 1. The van der Waals surface area contributed by atoms with Gasteiger partial charge in [0.05, 0.1) is 10.5 Å². The molecule has 0 atom stereocenters. The van der Waals surface area contributed by atoms with E-state index in [9.17, 15) is 9.59 Å². The fourth-order valence-corrected chi connectivity index (χ4v) is 3.15. The number of hydrogen-bond donors (Lipinski definition) is 1. The standard InChI is InChI=1S/C19H9ClN2O3S/c20-14-5-2-11(3-6-14)1-4-12-9-21-10-13-7-15(25-17(12)13)8-16-18(23)22-19(24)26-16/h2-3,5-10H,(H,22,23,24)/b16-8-. The number of furan rings is 1. The number of imide groups is 1. The lowest BCUT2D eigenvalue weighted by Gasteiger charge is -1.93. The SMILES string of the molecule is O=C1NC(=O)/C(=C/c2cc3cncc(C#Cc4ccc(Cl)cc4)c3o2)S1. The van der Waals surface area contributed by atoms with E-state index in [-0.39, 0.29) is 4.91 Å². The number of nitrogens with one attached hydrogen (secondary N) is 1. The van der Waals surface area contributed by atoms with Crippen molar-refractivity contribution in [2.24, 2.45) is 0 Å². The predicted octanol–water partition coefficient (Wildman–Crippen LogP) is 4.20. The molecule has 26 heavy (non-hydrogen) atoms. The van der Waals surface area contributed by atoms with Gasteiger partial charge in [-0.15, -0.1) is 0 Å². The molecule has 1 N–H and O–H groups in total. The Morgan fingerprint density at radius 3 is 2.69 bits per heavy atom. The summed E-state index contributed by atoms with van der Waals surface area (Å²) in [6, 6.07) is 8.95. The summed E-state index contributed by atoms with van der Waals surface area (Å²) in [7, 11) is 0. The normalized spacial score (nSPS) is 15.2. The zero-order valence-corrected chi connectivity index (χ0v) is 14.6. The van der Waals surface area contributed by atoms with Gasteiger partial charge in [0.2, 0.25) is 0 Å². The zero-order chi connectivity index (χ0) is 18.1. The Kier molecular flexibility index (Phi) is 4.25. The minimum Gasteiger partial charge on any atom is -0.455 e. The van der Waals surface area contributed by atoms with Gasteiger partial charge in [0.25, 0.3) is 11.1 Å². The van der Waals surface area contributed by atoms with E-state index in [1.807, 2.05) is 12.1 Å². The third-order valence-electron chi connectivity index (χ3n) is 3.54. The lowest BCUT2D eigenvalue weighted by molar-refractivity contribution is -0.115. The van der Waals surface area contributed by atoms with E-state index in [2.05, 4.69) is 22.1 Å². The van der Waals surface area contributed by atoms with Crippen molar-refractivity contribution in [2.45, 2.75) is 0 Å². The maximum atomic E-state index is 11.6. The van der Waals surface area contributed by atoms with E-state index in [0.29, 0.717) is 21.9 Å². The van der Waals surface area contributed by atoms with Gasteiger partial charge >= 0.3 is 0 Å². The number of nitrogens with zero attached hydrogens (tertiary/aromatic N) is 1. The Morgan fingerprint density at radius 2 is 1.96 bits per heavy atom. The highest BCUT2D eigenvalue weighted by Gasteiger charge is 2.25. The fraction of sp³-hybridized carbons (Fsp3) is 0. The first-order chi connectivity index (χ1) is 12.6. The largest absolute Gasteiger partial charge is 0.455 e. The maximum absolute atomic E-state index is 11.6. The third-order valence-corrected chi connectivity index (χ3v) is 4.61. The molecule has 3 aromatic rings. The molecular weight excluding hydrogens is 372 g/mol. The quantitative estimate of drug-likeness (QED) is 0.506. The van der Waals surface area contributed by atoms with Gasteiger partial charge in [0, 0.05) is 34.4 Å². The minimum absolute atomic E-state index is 0.288. The summed E-state index contributed by atoms with van der Waals surface area (Å²) in [4.78, 5) is 27.3. The van der Waals surface area contributed by atoms with Crippen LogP contribution in [0.2, 0.25) is 5.02 Å². The molecule has 0 spiro atoms. The molecule has 7 heteroatoms. The highest BCUT2D eigenvalue weighted by atomic mass is 35.5. The molecule has 1 saturated heterocycles. The number of aromatic nitrogens is 1. The molecule has 0 bridgehead atoms. The van der Waals surface area contributed by atoms with Crippen LogP contribution in [-0.4, -0.2) is 16.1 Å². The first kappa shape index (κ1) is 16.5. The molecule has 5 nitrogen and oxygen atoms in total. The molecule has 0 radical (unpaired) electrons. The Labute approximate surface area is 157 Å². The summed E-state index contributed by atoms with van der Waals surface area (Å²) >= 11 is 6.71. The van der Waals surface area contributed by atoms with Gasteiger partial charge in [-0.05, 0) is 42.1 Å². The molecule has 4 rings (SSSR count). The van der Waals surface area contributed by atoms with Crippen LogP contribution in [0.1, 0.15) is 16.9 Å². The Balaban J connectivity index is 1.70. The number of halogens is 1. The summed E-state index contributed by atoms with van der Waals surface area (Å²) in [5, 5.41) is 3.22. The van der Waals surface area contributed by atoms with Gasteiger partial charge in [-0.1, -0.05) is 23.4 Å². The van der Waals surface area contributed by atoms with E-state index in [1.165, 1.54) is 6.08 Å². The molecule has 0 unspecified atom stereocenters. The summed E-state index contributed by atoms with van der Waals surface area (Å²) in [5.41, 5.74) is 2.02. The van der Waals surface area contributed by atoms with Gasteiger partial charge in [-0.25, -0.2) is 0 Å². The highest BCUT2D eigenvalue weighted by Crippen LogP contribution is 2.28. The molecule has 1 aliphatic rings. The van der Waals surface area contributed by atoms with E-state index >= 15 is 0 Å². The van der Waals surface area contributed by atoms with Crippen molar-refractivity contribution in [1.29, 1.82) is 0 Å². The number of pyridine rings is 1. The van der Waals surface area contributed by atoms with E-state index in [1.54, 1.807) is 30.6 Å². The number of hydrogen-bond acceptors (Lipinski definition) is 5. The van der Waals surface area contributed by atoms with Crippen LogP contribution >= 0.6 is 23.4 Å². The minimum atomic E-state index is -0.429. The topological polar surface area (TPSA) is 72.2 Å². The van der Waals surface area contributed by atoms with E-state index in [4.69, 9.17) is 16.0 Å². The third kappa shape index (κ3) is 3.36. The van der Waals surface area contributed by atoms with Crippen LogP contribution in [-0.2, 0) is 4.79 Å². The average molecular weight is 381 g/mol. The highest BCUT2D eigenvalue weighted by molar-refractivity contribution is 8.18. The molecule has 1 aromatic carbocycles. The molecule has 2 aromatic heterocycles. The number of carbonyl (C=O) groups is 2. The summed E-state index contributed by atoms with van der Waals surface area (Å²) in [6.45, 7) is 0. The zero-order valence-electron chi connectivity index (χ0n) is 13.1. The lowest BCUT2D eigenvalue weighted by atomic mass is 10.2. The van der Waals surface area contributed by atoms with Gasteiger partial charge < -0.3 is 4.42 Å². The molecule has 0 saturated carbocycles. The average Bonchev–Trinajstić information content (AvgIpc) is 3.17. The van der Waals surface area contributed by atoms with Crippen LogP contribution in [0.15, 0.2) is 52.0 Å². The Hall–Kier alpha value is -3.01. The van der Waals surface area contributed by atoms with Gasteiger partial charge in [-0.3, -0.25) is 19.9 Å². The maximum Gasteiger partial charge on any atom is 0.290 e. The number of thioether (sulfide) groups is 1. The molecule has 1 aliphatic heterocycles. The van der Waals surface area contributed by atoms with Crippen molar-refractivity contribution in [2.75, 3.05) is 0 Å². The number of amides is 2.